The molecule has 1 aromatic heterocycles. The normalized spacial score (nSPS) is 10.3. The smallest absolute Gasteiger partial charge is 0.244 e. The number of aromatic nitrogens is 3. The van der Waals surface area contributed by atoms with Crippen molar-refractivity contribution in [2.75, 3.05) is 16.8 Å². The molecular formula is C18H19N5. The highest BCUT2D eigenvalue weighted by Crippen LogP contribution is 2.22. The number of para-hydroxylation sites is 1. The number of hydrogen-bond donors (Lipinski definition) is 1. The van der Waals surface area contributed by atoms with E-state index in [4.69, 9.17) is 0 Å². The van der Waals surface area contributed by atoms with Gasteiger partial charge in [-0.2, -0.15) is 10.1 Å². The number of hydrogen-bond acceptors (Lipinski definition) is 5. The minimum atomic E-state index is 0.528. The van der Waals surface area contributed by atoms with Gasteiger partial charge in [0, 0.05) is 18.8 Å². The van der Waals surface area contributed by atoms with Gasteiger partial charge in [0.05, 0.1) is 6.20 Å². The zero-order chi connectivity index (χ0) is 15.9. The van der Waals surface area contributed by atoms with Gasteiger partial charge >= 0.3 is 0 Å². The number of rotatable bonds is 6. The maximum atomic E-state index is 4.58. The molecule has 0 bridgehead atoms. The molecule has 0 aliphatic heterocycles. The van der Waals surface area contributed by atoms with Crippen LogP contribution < -0.4 is 10.2 Å². The lowest BCUT2D eigenvalue weighted by atomic mass is 10.2. The lowest BCUT2D eigenvalue weighted by molar-refractivity contribution is 0.905. The summed E-state index contributed by atoms with van der Waals surface area (Å²) >= 11 is 0. The van der Waals surface area contributed by atoms with Crippen molar-refractivity contribution in [2.24, 2.45) is 0 Å². The molecule has 0 amide bonds. The highest BCUT2D eigenvalue weighted by Gasteiger charge is 2.10. The highest BCUT2D eigenvalue weighted by atomic mass is 15.3. The molecule has 0 saturated heterocycles. The minimum absolute atomic E-state index is 0.528. The van der Waals surface area contributed by atoms with Crippen LogP contribution in [0.4, 0.5) is 17.5 Å². The number of anilines is 3. The topological polar surface area (TPSA) is 53.9 Å². The summed E-state index contributed by atoms with van der Waals surface area (Å²) in [6.45, 7) is 3.57. The largest absolute Gasteiger partial charge is 0.349 e. The van der Waals surface area contributed by atoms with Crippen LogP contribution in [-0.4, -0.2) is 21.7 Å². The maximum absolute atomic E-state index is 4.58. The Morgan fingerprint density at radius 2 is 1.65 bits per heavy atom. The average molecular weight is 305 g/mol. The van der Waals surface area contributed by atoms with Gasteiger partial charge in [0.2, 0.25) is 5.95 Å². The van der Waals surface area contributed by atoms with Crippen LogP contribution in [0.15, 0.2) is 66.9 Å². The fourth-order valence-corrected chi connectivity index (χ4v) is 2.36. The van der Waals surface area contributed by atoms with Gasteiger partial charge in [0.15, 0.2) is 5.82 Å². The summed E-state index contributed by atoms with van der Waals surface area (Å²) in [5.41, 5.74) is 2.27. The van der Waals surface area contributed by atoms with Gasteiger partial charge in [-0.3, -0.25) is 0 Å². The number of nitrogens with one attached hydrogen (secondary N) is 1. The van der Waals surface area contributed by atoms with Crippen molar-refractivity contribution in [1.29, 1.82) is 0 Å². The van der Waals surface area contributed by atoms with E-state index in [1.165, 1.54) is 5.56 Å². The van der Waals surface area contributed by atoms with Gasteiger partial charge in [-0.1, -0.05) is 48.5 Å². The van der Waals surface area contributed by atoms with Crippen molar-refractivity contribution < 1.29 is 0 Å². The maximum Gasteiger partial charge on any atom is 0.244 e. The molecule has 0 atom stereocenters. The van der Waals surface area contributed by atoms with Gasteiger partial charge in [-0.25, -0.2) is 0 Å². The molecule has 1 N–H and O–H groups in total. The molecule has 0 fully saturated rings. The van der Waals surface area contributed by atoms with Crippen LogP contribution in [0.2, 0.25) is 0 Å². The SMILES string of the molecule is CCN(c1ccccc1)c1cnnc(NCc2ccccc2)n1. The van der Waals surface area contributed by atoms with E-state index < -0.39 is 0 Å². The van der Waals surface area contributed by atoms with Gasteiger partial charge < -0.3 is 10.2 Å². The van der Waals surface area contributed by atoms with E-state index in [1.807, 2.05) is 36.4 Å². The fourth-order valence-electron chi connectivity index (χ4n) is 2.36. The highest BCUT2D eigenvalue weighted by molar-refractivity contribution is 5.59. The second-order valence-corrected chi connectivity index (χ2v) is 5.06. The Morgan fingerprint density at radius 1 is 0.957 bits per heavy atom. The monoisotopic (exact) mass is 305 g/mol. The predicted molar refractivity (Wildman–Crippen MR) is 92.7 cm³/mol. The Kier molecular flexibility index (Phi) is 4.79. The summed E-state index contributed by atoms with van der Waals surface area (Å²) in [4.78, 5) is 6.68. The average Bonchev–Trinajstić information content (AvgIpc) is 2.63. The molecule has 3 rings (SSSR count). The molecule has 0 radical (unpaired) electrons. The second kappa shape index (κ2) is 7.35. The van der Waals surface area contributed by atoms with Gasteiger partial charge in [0.1, 0.15) is 0 Å². The summed E-state index contributed by atoms with van der Waals surface area (Å²) < 4.78 is 0. The Balaban J connectivity index is 1.76. The lowest BCUT2D eigenvalue weighted by Crippen LogP contribution is -2.18. The van der Waals surface area contributed by atoms with Crippen molar-refractivity contribution >= 4 is 17.5 Å². The first-order chi connectivity index (χ1) is 11.4. The first-order valence-electron chi connectivity index (χ1n) is 7.67. The molecule has 116 valence electrons. The van der Waals surface area contributed by atoms with Crippen molar-refractivity contribution in [2.45, 2.75) is 13.5 Å². The molecule has 0 aliphatic rings. The first-order valence-corrected chi connectivity index (χ1v) is 7.67. The molecule has 0 saturated carbocycles. The summed E-state index contributed by atoms with van der Waals surface area (Å²) in [5.74, 6) is 1.31. The van der Waals surface area contributed by atoms with Crippen molar-refractivity contribution in [1.82, 2.24) is 15.2 Å². The van der Waals surface area contributed by atoms with Gasteiger partial charge in [-0.15, -0.1) is 5.10 Å². The molecule has 0 unspecified atom stereocenters. The summed E-state index contributed by atoms with van der Waals surface area (Å²) in [5, 5.41) is 11.4. The molecule has 5 heteroatoms. The van der Waals surface area contributed by atoms with Gasteiger partial charge in [0.25, 0.3) is 0 Å². The van der Waals surface area contributed by atoms with Crippen LogP contribution in [-0.2, 0) is 6.54 Å². The second-order valence-electron chi connectivity index (χ2n) is 5.06. The number of nitrogens with zero attached hydrogens (tertiary/aromatic N) is 4. The van der Waals surface area contributed by atoms with Crippen LogP contribution in [0, 0.1) is 0 Å². The van der Waals surface area contributed by atoms with E-state index in [9.17, 15) is 0 Å². The molecule has 3 aromatic rings. The Hall–Kier alpha value is -2.95. The zero-order valence-electron chi connectivity index (χ0n) is 13.1. The third kappa shape index (κ3) is 3.83. The van der Waals surface area contributed by atoms with Crippen LogP contribution in [0.25, 0.3) is 0 Å². The van der Waals surface area contributed by atoms with E-state index in [0.29, 0.717) is 12.5 Å². The minimum Gasteiger partial charge on any atom is -0.349 e. The lowest BCUT2D eigenvalue weighted by Gasteiger charge is -2.21. The molecule has 0 aliphatic carbocycles. The van der Waals surface area contributed by atoms with Crippen LogP contribution in [0.3, 0.4) is 0 Å². The Bertz CT molecular complexity index is 731. The first kappa shape index (κ1) is 15.0. The van der Waals surface area contributed by atoms with E-state index >= 15 is 0 Å². The Labute approximate surface area is 136 Å². The van der Waals surface area contributed by atoms with Crippen molar-refractivity contribution in [3.05, 3.63) is 72.4 Å². The summed E-state index contributed by atoms with van der Waals surface area (Å²) in [6.07, 6.45) is 1.68. The standard InChI is InChI=1S/C18H19N5/c1-2-23(16-11-7-4-8-12-16)17-14-20-22-18(21-17)19-13-15-9-5-3-6-10-15/h3-12,14H,2,13H2,1H3,(H,19,21,22). The molecule has 23 heavy (non-hydrogen) atoms. The van der Waals surface area contributed by atoms with E-state index in [1.54, 1.807) is 6.20 Å². The Morgan fingerprint density at radius 3 is 2.35 bits per heavy atom. The molecule has 2 aromatic carbocycles. The van der Waals surface area contributed by atoms with Gasteiger partial charge in [-0.05, 0) is 24.6 Å². The third-order valence-electron chi connectivity index (χ3n) is 3.50. The predicted octanol–water partition coefficient (Wildman–Crippen LogP) is 3.64. The third-order valence-corrected chi connectivity index (χ3v) is 3.50. The molecule has 1 heterocycles. The molecule has 5 nitrogen and oxygen atoms in total. The van der Waals surface area contributed by atoms with Crippen LogP contribution in [0.5, 0.6) is 0 Å². The van der Waals surface area contributed by atoms with E-state index in [-0.39, 0.29) is 0 Å². The van der Waals surface area contributed by atoms with Crippen molar-refractivity contribution in [3.63, 3.8) is 0 Å². The molecule has 0 spiro atoms. The van der Waals surface area contributed by atoms with E-state index in [0.717, 1.165) is 18.1 Å². The molecular weight excluding hydrogens is 286 g/mol. The zero-order valence-corrected chi connectivity index (χ0v) is 13.1. The van der Waals surface area contributed by atoms with Crippen LogP contribution >= 0.6 is 0 Å². The summed E-state index contributed by atoms with van der Waals surface area (Å²) in [7, 11) is 0. The quantitative estimate of drug-likeness (QED) is 0.753. The summed E-state index contributed by atoms with van der Waals surface area (Å²) in [6, 6.07) is 20.3. The fraction of sp³-hybridized carbons (Fsp3) is 0.167. The number of benzene rings is 2. The van der Waals surface area contributed by atoms with Crippen molar-refractivity contribution in [3.8, 4) is 0 Å². The van der Waals surface area contributed by atoms with Crippen LogP contribution in [0.1, 0.15) is 12.5 Å². The van der Waals surface area contributed by atoms with E-state index in [2.05, 4.69) is 56.6 Å².